The molecule has 0 unspecified atom stereocenters. The van der Waals surface area contributed by atoms with Gasteiger partial charge in [-0.3, -0.25) is 0 Å². The molecule has 0 saturated heterocycles. The molecule has 0 radical (unpaired) electrons. The third-order valence-corrected chi connectivity index (χ3v) is 4.57. The number of nitrogens with one attached hydrogen (secondary N) is 1. The summed E-state index contributed by atoms with van der Waals surface area (Å²) in [6.07, 6.45) is 3.74. The van der Waals surface area contributed by atoms with Crippen molar-refractivity contribution in [3.8, 4) is 11.6 Å². The zero-order chi connectivity index (χ0) is 19.7. The second kappa shape index (κ2) is 7.08. The Hall–Kier alpha value is -3.80. The van der Waals surface area contributed by atoms with E-state index in [1.807, 2.05) is 6.92 Å². The lowest BCUT2D eigenvalue weighted by Crippen LogP contribution is -2.44. The minimum absolute atomic E-state index is 0.122. The number of anilines is 1. The van der Waals surface area contributed by atoms with Gasteiger partial charge in [0.15, 0.2) is 5.82 Å². The van der Waals surface area contributed by atoms with Gasteiger partial charge in [0.05, 0.1) is 18.8 Å². The lowest BCUT2D eigenvalue weighted by molar-refractivity contribution is 0.182. The maximum Gasteiger partial charge on any atom is 0.322 e. The van der Waals surface area contributed by atoms with Crippen LogP contribution in [-0.4, -0.2) is 32.1 Å². The quantitative estimate of drug-likeness (QED) is 0.685. The fraction of sp³-hybridized carbons (Fsp3) is 0.211. The summed E-state index contributed by atoms with van der Waals surface area (Å²) in [5.74, 6) is 0.227. The molecule has 0 saturated carbocycles. The van der Waals surface area contributed by atoms with Gasteiger partial charge in [-0.05, 0) is 31.2 Å². The van der Waals surface area contributed by atoms with Gasteiger partial charge >= 0.3 is 6.03 Å². The van der Waals surface area contributed by atoms with Crippen molar-refractivity contribution in [3.05, 3.63) is 65.2 Å². The Bertz CT molecular complexity index is 1080. The van der Waals surface area contributed by atoms with Gasteiger partial charge in [-0.1, -0.05) is 5.16 Å². The summed E-state index contributed by atoms with van der Waals surface area (Å²) in [6, 6.07) is 5.11. The van der Waals surface area contributed by atoms with Gasteiger partial charge in [0, 0.05) is 36.1 Å². The van der Waals surface area contributed by atoms with Crippen molar-refractivity contribution in [3.63, 3.8) is 0 Å². The molecule has 4 rings (SSSR count). The highest BCUT2D eigenvalue weighted by Crippen LogP contribution is 2.31. The predicted octanol–water partition coefficient (Wildman–Crippen LogP) is 3.80. The first-order chi connectivity index (χ1) is 13.6. The fourth-order valence-electron chi connectivity index (χ4n) is 3.12. The molecule has 2 amide bonds. The second-order valence-corrected chi connectivity index (χ2v) is 6.40. The third-order valence-electron chi connectivity index (χ3n) is 4.57. The van der Waals surface area contributed by atoms with Gasteiger partial charge in [0.2, 0.25) is 11.4 Å². The maximum absolute atomic E-state index is 13.5. The minimum Gasteiger partial charge on any atom is -0.352 e. The van der Waals surface area contributed by atoms with Crippen molar-refractivity contribution >= 4 is 17.4 Å². The van der Waals surface area contributed by atoms with Crippen LogP contribution in [0.4, 0.5) is 20.6 Å². The van der Waals surface area contributed by atoms with Crippen molar-refractivity contribution in [2.24, 2.45) is 0 Å². The summed E-state index contributed by atoms with van der Waals surface area (Å²) in [5, 5.41) is 6.83. The summed E-state index contributed by atoms with van der Waals surface area (Å²) in [5.41, 5.74) is 1.75. The molecule has 2 aromatic heterocycles. The summed E-state index contributed by atoms with van der Waals surface area (Å²) < 4.78 is 18.9. The first kappa shape index (κ1) is 17.6. The largest absolute Gasteiger partial charge is 0.352 e. The number of aromatic nitrogens is 3. The van der Waals surface area contributed by atoms with Crippen LogP contribution in [0.25, 0.3) is 16.4 Å². The van der Waals surface area contributed by atoms with Crippen LogP contribution in [0.1, 0.15) is 18.2 Å². The van der Waals surface area contributed by atoms with Crippen molar-refractivity contribution in [1.82, 2.24) is 20.0 Å². The fourth-order valence-corrected chi connectivity index (χ4v) is 3.12. The summed E-state index contributed by atoms with van der Waals surface area (Å²) in [6.45, 7) is 9.17. The number of carbonyl (C=O) groups excluding carboxylic acids is 1. The number of carbonyl (C=O) groups is 1. The average molecular weight is 378 g/mol. The molecule has 9 heteroatoms. The highest BCUT2D eigenvalue weighted by atomic mass is 19.1. The van der Waals surface area contributed by atoms with E-state index in [-0.39, 0.29) is 24.3 Å². The first-order valence-corrected chi connectivity index (χ1v) is 8.56. The highest BCUT2D eigenvalue weighted by molar-refractivity contribution is 5.90. The topological polar surface area (TPSA) is 88.5 Å². The van der Waals surface area contributed by atoms with Crippen LogP contribution in [0.3, 0.4) is 0 Å². The average Bonchev–Trinajstić information content (AvgIpc) is 3.12. The molecule has 0 fully saturated rings. The van der Waals surface area contributed by atoms with E-state index in [0.717, 1.165) is 17.3 Å². The predicted molar refractivity (Wildman–Crippen MR) is 97.9 cm³/mol. The van der Waals surface area contributed by atoms with Crippen LogP contribution in [0.5, 0.6) is 0 Å². The van der Waals surface area contributed by atoms with Crippen LogP contribution in [0, 0.1) is 12.4 Å². The molecular formula is C19H15FN6O2. The number of rotatable bonds is 2. The maximum atomic E-state index is 13.5. The standard InChI is InChI=1S/C19H15FN6O2/c1-11-8-15-13(17(28-25-15)18-22-6-3-7-23-18)10-26(11)19(27)24-12-4-5-14(20)16(9-12)21-2/h3-7,9,11H,8,10H2,1H3,(H,24,27)/t11-/m0/s1. The number of hydrogen-bond donors (Lipinski definition) is 1. The molecule has 0 bridgehead atoms. The molecule has 1 aliphatic heterocycles. The Morgan fingerprint density at radius 1 is 1.39 bits per heavy atom. The zero-order valence-electron chi connectivity index (χ0n) is 14.9. The van der Waals surface area contributed by atoms with Crippen LogP contribution >= 0.6 is 0 Å². The number of nitrogens with zero attached hydrogens (tertiary/aromatic N) is 5. The first-order valence-electron chi connectivity index (χ1n) is 8.56. The molecule has 28 heavy (non-hydrogen) atoms. The number of benzene rings is 1. The molecule has 0 spiro atoms. The molecule has 0 aliphatic carbocycles. The van der Waals surface area contributed by atoms with E-state index in [2.05, 4.69) is 25.3 Å². The summed E-state index contributed by atoms with van der Waals surface area (Å²) >= 11 is 0. The Morgan fingerprint density at radius 2 is 2.18 bits per heavy atom. The third kappa shape index (κ3) is 3.16. The van der Waals surface area contributed by atoms with Gasteiger partial charge in [-0.2, -0.15) is 0 Å². The molecule has 3 aromatic rings. The number of halogens is 1. The van der Waals surface area contributed by atoms with E-state index in [1.54, 1.807) is 23.4 Å². The van der Waals surface area contributed by atoms with E-state index < -0.39 is 5.82 Å². The van der Waals surface area contributed by atoms with Gasteiger partial charge in [-0.15, -0.1) is 0 Å². The Kier molecular flexibility index (Phi) is 4.45. The summed E-state index contributed by atoms with van der Waals surface area (Å²) in [7, 11) is 0. The molecule has 1 aliphatic rings. The summed E-state index contributed by atoms with van der Waals surface area (Å²) in [4.78, 5) is 25.9. The van der Waals surface area contributed by atoms with Crippen LogP contribution < -0.4 is 5.32 Å². The Labute approximate surface area is 159 Å². The van der Waals surface area contributed by atoms with Crippen LogP contribution in [-0.2, 0) is 13.0 Å². The molecule has 140 valence electrons. The smallest absolute Gasteiger partial charge is 0.322 e. The molecule has 8 nitrogen and oxygen atoms in total. The van der Waals surface area contributed by atoms with Crippen molar-refractivity contribution in [1.29, 1.82) is 0 Å². The SMILES string of the molecule is [C-]#[N+]c1cc(NC(=O)N2Cc3c(noc3-c3ncccn3)C[C@@H]2C)ccc1F. The number of urea groups is 1. The second-order valence-electron chi connectivity index (χ2n) is 6.40. The van der Waals surface area contributed by atoms with E-state index in [4.69, 9.17) is 11.1 Å². The monoisotopic (exact) mass is 378 g/mol. The zero-order valence-corrected chi connectivity index (χ0v) is 14.9. The van der Waals surface area contributed by atoms with Crippen LogP contribution in [0.15, 0.2) is 41.2 Å². The molecule has 1 N–H and O–H groups in total. The lowest BCUT2D eigenvalue weighted by atomic mass is 10.00. The van der Waals surface area contributed by atoms with E-state index in [0.29, 0.717) is 23.7 Å². The van der Waals surface area contributed by atoms with Gasteiger partial charge < -0.3 is 14.7 Å². The van der Waals surface area contributed by atoms with Gasteiger partial charge in [-0.25, -0.2) is 24.0 Å². The van der Waals surface area contributed by atoms with Gasteiger partial charge in [0.1, 0.15) is 5.82 Å². The molecular weight excluding hydrogens is 363 g/mol. The number of fused-ring (bicyclic) bond motifs is 1. The van der Waals surface area contributed by atoms with E-state index in [9.17, 15) is 9.18 Å². The molecule has 1 aromatic carbocycles. The highest BCUT2D eigenvalue weighted by Gasteiger charge is 2.32. The van der Waals surface area contributed by atoms with Crippen molar-refractivity contribution in [2.75, 3.05) is 5.32 Å². The molecule has 3 heterocycles. The minimum atomic E-state index is -0.624. The Balaban J connectivity index is 1.58. The Morgan fingerprint density at radius 3 is 2.93 bits per heavy atom. The van der Waals surface area contributed by atoms with Crippen molar-refractivity contribution < 1.29 is 13.7 Å². The van der Waals surface area contributed by atoms with Crippen LogP contribution in [0.2, 0.25) is 0 Å². The number of hydrogen-bond acceptors (Lipinski definition) is 5. The lowest BCUT2D eigenvalue weighted by Gasteiger charge is -2.32. The number of amides is 2. The van der Waals surface area contributed by atoms with Crippen molar-refractivity contribution in [2.45, 2.75) is 25.9 Å². The normalized spacial score (nSPS) is 15.6. The van der Waals surface area contributed by atoms with E-state index >= 15 is 0 Å². The van der Waals surface area contributed by atoms with Gasteiger partial charge in [0.25, 0.3) is 0 Å². The van der Waals surface area contributed by atoms with E-state index in [1.165, 1.54) is 12.1 Å². The molecule has 1 atom stereocenters.